The van der Waals surface area contributed by atoms with Gasteiger partial charge < -0.3 is 19.8 Å². The van der Waals surface area contributed by atoms with Gasteiger partial charge in [-0.05, 0) is 89.9 Å². The molecule has 8 aromatic rings. The molecule has 4 nitrogen and oxygen atoms in total. The zero-order valence-corrected chi connectivity index (χ0v) is 30.3. The van der Waals surface area contributed by atoms with Crippen LogP contribution in [-0.4, -0.2) is 12.4 Å². The van der Waals surface area contributed by atoms with Gasteiger partial charge in [0.05, 0.1) is 11.4 Å². The first-order chi connectivity index (χ1) is 25.8. The molecule has 0 unspecified atom stereocenters. The van der Waals surface area contributed by atoms with Crippen molar-refractivity contribution in [3.63, 3.8) is 0 Å². The monoisotopic (exact) mass is 772 g/mol. The third-order valence-corrected chi connectivity index (χ3v) is 8.74. The first-order valence-electron chi connectivity index (χ1n) is 17.2. The van der Waals surface area contributed by atoms with E-state index in [0.29, 0.717) is 0 Å². The van der Waals surface area contributed by atoms with E-state index in [2.05, 4.69) is 155 Å². The first kappa shape index (κ1) is 35.0. The fraction of sp³-hybridized carbons (Fsp3) is 0. The molecule has 256 valence electrons. The Hall–Kier alpha value is -6.38. The summed E-state index contributed by atoms with van der Waals surface area (Å²) in [7, 11) is 0. The molecule has 0 radical (unpaired) electrons. The van der Waals surface area contributed by atoms with E-state index in [4.69, 9.17) is 9.98 Å². The van der Waals surface area contributed by atoms with E-state index in [0.717, 1.165) is 67.4 Å². The summed E-state index contributed by atoms with van der Waals surface area (Å²) in [4.78, 5) is 14.5. The number of hydrogen-bond donors (Lipinski definition) is 0. The molecule has 53 heavy (non-hydrogen) atoms. The quantitative estimate of drug-likeness (QED) is 0.0787. The van der Waals surface area contributed by atoms with Gasteiger partial charge in [0, 0.05) is 28.1 Å². The molecule has 0 aliphatic carbocycles. The normalized spacial score (nSPS) is 11.1. The summed E-state index contributed by atoms with van der Waals surface area (Å²) in [5.41, 5.74) is 9.79. The fourth-order valence-corrected chi connectivity index (χ4v) is 6.37. The third kappa shape index (κ3) is 8.09. The largest absolute Gasteiger partial charge is 2.00 e. The summed E-state index contributed by atoms with van der Waals surface area (Å²) in [5, 5.41) is 2.05. The number of nitrogens with zero attached hydrogens (tertiary/aromatic N) is 4. The van der Waals surface area contributed by atoms with Gasteiger partial charge in [0.2, 0.25) is 0 Å². The Morgan fingerprint density at radius 1 is 0.377 bits per heavy atom. The van der Waals surface area contributed by atoms with E-state index in [9.17, 15) is 0 Å². The second-order valence-electron chi connectivity index (χ2n) is 12.2. The van der Waals surface area contributed by atoms with Gasteiger partial charge in [-0.25, -0.2) is 0 Å². The number of anilines is 6. The van der Waals surface area contributed by atoms with Crippen molar-refractivity contribution in [2.75, 3.05) is 9.80 Å². The van der Waals surface area contributed by atoms with Crippen molar-refractivity contribution in [2.24, 2.45) is 9.98 Å². The van der Waals surface area contributed by atoms with E-state index in [1.165, 1.54) is 0 Å². The topological polar surface area (TPSA) is 31.2 Å². The minimum atomic E-state index is 0. The van der Waals surface area contributed by atoms with E-state index in [1.54, 1.807) is 0 Å². The minimum absolute atomic E-state index is 0. The van der Waals surface area contributed by atoms with Crippen molar-refractivity contribution in [1.82, 2.24) is 0 Å². The van der Waals surface area contributed by atoms with Gasteiger partial charge in [-0.3, -0.25) is 0 Å². The molecular weight excluding hydrogens is 739 g/mol. The molecule has 0 aliphatic heterocycles. The van der Waals surface area contributed by atoms with Gasteiger partial charge in [-0.2, -0.15) is 0 Å². The van der Waals surface area contributed by atoms with Crippen LogP contribution in [0.2, 0.25) is 0 Å². The predicted molar refractivity (Wildman–Crippen MR) is 218 cm³/mol. The zero-order chi connectivity index (χ0) is 35.0. The summed E-state index contributed by atoms with van der Waals surface area (Å²) in [6.45, 7) is 0. The molecule has 0 aromatic heterocycles. The predicted octanol–water partition coefficient (Wildman–Crippen LogP) is 12.9. The summed E-state index contributed by atoms with van der Waals surface area (Å²) >= 11 is 0. The number of para-hydroxylation sites is 4. The van der Waals surface area contributed by atoms with E-state index >= 15 is 0 Å². The van der Waals surface area contributed by atoms with Gasteiger partial charge in [-0.15, -0.1) is 59.7 Å². The number of fused-ring (bicyclic) bond motifs is 1. The zero-order valence-electron chi connectivity index (χ0n) is 28.7. The summed E-state index contributed by atoms with van der Waals surface area (Å²) in [6.07, 6.45) is 3.76. The molecule has 0 aliphatic rings. The van der Waals surface area contributed by atoms with Crippen LogP contribution in [0.25, 0.3) is 10.8 Å². The van der Waals surface area contributed by atoms with Crippen LogP contribution < -0.4 is 9.80 Å². The van der Waals surface area contributed by atoms with Crippen LogP contribution in [0.4, 0.5) is 45.5 Å². The fourth-order valence-electron chi connectivity index (χ4n) is 6.37. The van der Waals surface area contributed by atoms with Crippen molar-refractivity contribution in [1.29, 1.82) is 0 Å². The van der Waals surface area contributed by atoms with Crippen LogP contribution in [0, 0.1) is 12.1 Å². The maximum Gasteiger partial charge on any atom is 2.00 e. The summed E-state index contributed by atoms with van der Waals surface area (Å²) in [6, 6.07) is 72.9. The molecule has 0 atom stereocenters. The maximum absolute atomic E-state index is 5.01. The summed E-state index contributed by atoms with van der Waals surface area (Å²) < 4.78 is 0. The Kier molecular flexibility index (Phi) is 11.1. The van der Waals surface area contributed by atoms with E-state index in [1.807, 2.05) is 73.1 Å². The second-order valence-corrected chi connectivity index (χ2v) is 12.2. The van der Waals surface area contributed by atoms with Gasteiger partial charge in [0.1, 0.15) is 0 Å². The van der Waals surface area contributed by atoms with Crippen LogP contribution in [0.5, 0.6) is 0 Å². The van der Waals surface area contributed by atoms with Crippen molar-refractivity contribution >= 4 is 68.7 Å². The average molecular weight is 773 g/mol. The molecule has 0 N–H and O–H groups in total. The molecule has 5 heteroatoms. The molecule has 0 amide bonds. The van der Waals surface area contributed by atoms with E-state index in [-0.39, 0.29) is 20.4 Å². The van der Waals surface area contributed by atoms with Gasteiger partial charge in [0.25, 0.3) is 0 Å². The number of aliphatic imine (C=N–C) groups is 2. The minimum Gasteiger partial charge on any atom is -0.328 e. The van der Waals surface area contributed by atoms with Gasteiger partial charge in [0.15, 0.2) is 0 Å². The van der Waals surface area contributed by atoms with Crippen molar-refractivity contribution in [3.05, 3.63) is 217 Å². The SMILES string of the molecule is [Pd+2].[c-]1ccc(N(c2ccccc2)c2ccccc2)cc1C=Nc1cccc2cccc(N=Cc3[c-]ccc(N(c4ccccc4)c4ccccc4)c3)c12. The number of hydrogen-bond acceptors (Lipinski definition) is 4. The second kappa shape index (κ2) is 16.8. The third-order valence-electron chi connectivity index (χ3n) is 8.74. The van der Waals surface area contributed by atoms with E-state index < -0.39 is 0 Å². The van der Waals surface area contributed by atoms with Crippen LogP contribution >= 0.6 is 0 Å². The first-order valence-corrected chi connectivity index (χ1v) is 17.2. The Bertz CT molecular complexity index is 2220. The molecule has 0 saturated heterocycles. The molecule has 0 fully saturated rings. The van der Waals surface area contributed by atoms with Crippen molar-refractivity contribution < 1.29 is 20.4 Å². The molecule has 0 saturated carbocycles. The number of rotatable bonds is 10. The average Bonchev–Trinajstić information content (AvgIpc) is 3.21. The summed E-state index contributed by atoms with van der Waals surface area (Å²) in [5.74, 6) is 0. The molecule has 0 bridgehead atoms. The Labute approximate surface area is 324 Å². The van der Waals surface area contributed by atoms with Crippen molar-refractivity contribution in [2.45, 2.75) is 0 Å². The molecule has 0 spiro atoms. The van der Waals surface area contributed by atoms with Crippen molar-refractivity contribution in [3.8, 4) is 0 Å². The number of benzene rings is 8. The standard InChI is InChI=1S/C48H34N4.Pd/c1-5-21-40(22-6-1)51(41-23-7-2-8-24-41)44-29-13-17-37(33-44)35-49-46-31-15-19-39-20-16-32-47(48(39)46)50-36-38-18-14-30-45(34-38)52(42-25-9-3-10-26-42)43-27-11-4-12-28-43;/h1-16,19-36H;/q-2;+2. The van der Waals surface area contributed by atoms with Crippen LogP contribution in [-0.2, 0) is 20.4 Å². The molecular formula is C48H34N4Pd. The Morgan fingerprint density at radius 3 is 1.09 bits per heavy atom. The Morgan fingerprint density at radius 2 is 0.736 bits per heavy atom. The van der Waals surface area contributed by atoms with Gasteiger partial charge >= 0.3 is 20.4 Å². The van der Waals surface area contributed by atoms with Crippen LogP contribution in [0.15, 0.2) is 204 Å². The maximum atomic E-state index is 5.01. The van der Waals surface area contributed by atoms with Crippen LogP contribution in [0.1, 0.15) is 11.1 Å². The molecule has 8 aromatic carbocycles. The molecule has 0 heterocycles. The smallest absolute Gasteiger partial charge is 0.328 e. The molecule has 8 rings (SSSR count). The Balaban J connectivity index is 0.00000435. The van der Waals surface area contributed by atoms with Crippen LogP contribution in [0.3, 0.4) is 0 Å². The van der Waals surface area contributed by atoms with Gasteiger partial charge in [-0.1, -0.05) is 97.1 Å².